The van der Waals surface area contributed by atoms with Gasteiger partial charge in [0.05, 0.1) is 55.8 Å². The van der Waals surface area contributed by atoms with Crippen LogP contribution in [0, 0.1) is 11.6 Å². The molecule has 0 aliphatic rings. The lowest BCUT2D eigenvalue weighted by Crippen LogP contribution is -2.12. The van der Waals surface area contributed by atoms with Crippen molar-refractivity contribution < 1.29 is 8.78 Å². The summed E-state index contributed by atoms with van der Waals surface area (Å²) >= 11 is 0. The zero-order valence-corrected chi connectivity index (χ0v) is 38.9. The Kier molecular flexibility index (Phi) is 8.46. The molecule has 6 heteroatoms. The third-order valence-electron chi connectivity index (χ3n) is 14.3. The third kappa shape index (κ3) is 5.58. The Balaban J connectivity index is 1.20. The Morgan fingerprint density at radius 1 is 0.338 bits per heavy atom. The summed E-state index contributed by atoms with van der Waals surface area (Å²) in [7, 11) is 0. The first kappa shape index (κ1) is 40.3. The van der Waals surface area contributed by atoms with Gasteiger partial charge >= 0.3 is 0 Å². The van der Waals surface area contributed by atoms with Gasteiger partial charge < -0.3 is 18.6 Å². The van der Waals surface area contributed by atoms with Crippen LogP contribution in [0.25, 0.3) is 76.2 Å². The molecule has 0 aliphatic heterocycles. The lowest BCUT2D eigenvalue weighted by Gasteiger charge is -2.27. The molecule has 0 radical (unpaired) electrons. The van der Waals surface area contributed by atoms with E-state index in [-0.39, 0.29) is 22.5 Å². The Hall–Kier alpha value is -7.96. The van der Waals surface area contributed by atoms with Crippen LogP contribution in [0.5, 0.6) is 0 Å². The Labute approximate surface area is 393 Å². The van der Waals surface area contributed by atoms with E-state index in [0.717, 1.165) is 98.9 Å². The standard InChI is InChI=1S/C62H48F2N4/c1-61(2,3)45-25-17-23-41-55-51(65(37-19-9-7-10-20-37)49-29-15-13-27-47(49)63)33-31-39-43-36-54-44(35-53(43)67(57(41)45)59(39)55)40-32-34-52(66(38-21-11-8-12-22-38)50-30-16-14-28-48(50)64)56-42-24-18-26-46(62(4,5)6)58(42)68(54)60(40)56/h7-36H,1-6H3. The van der Waals surface area contributed by atoms with E-state index < -0.39 is 0 Å². The van der Waals surface area contributed by atoms with Gasteiger partial charge in [-0.3, -0.25) is 0 Å². The first-order valence-electron chi connectivity index (χ1n) is 23.5. The van der Waals surface area contributed by atoms with E-state index in [0.29, 0.717) is 11.4 Å². The van der Waals surface area contributed by atoms with Crippen LogP contribution < -0.4 is 9.80 Å². The zero-order chi connectivity index (χ0) is 46.4. The normalized spacial score (nSPS) is 12.7. The van der Waals surface area contributed by atoms with Crippen LogP contribution in [-0.2, 0) is 10.8 Å². The average molecular weight is 887 g/mol. The van der Waals surface area contributed by atoms with Crippen molar-refractivity contribution in [1.29, 1.82) is 0 Å². The Morgan fingerprint density at radius 2 is 0.721 bits per heavy atom. The van der Waals surface area contributed by atoms with Crippen molar-refractivity contribution in [3.8, 4) is 0 Å². The summed E-state index contributed by atoms with van der Waals surface area (Å²) in [6, 6.07) is 61.4. The maximum Gasteiger partial charge on any atom is 0.147 e. The monoisotopic (exact) mass is 886 g/mol. The number of rotatable bonds is 6. The molecule has 4 heterocycles. The lowest BCUT2D eigenvalue weighted by atomic mass is 9.85. The minimum Gasteiger partial charge on any atom is -0.308 e. The van der Waals surface area contributed by atoms with Gasteiger partial charge in [0.2, 0.25) is 0 Å². The van der Waals surface area contributed by atoms with Crippen molar-refractivity contribution in [2.45, 2.75) is 52.4 Å². The van der Waals surface area contributed by atoms with E-state index in [2.05, 4.69) is 157 Å². The molecule has 13 rings (SSSR count). The fraction of sp³-hybridized carbons (Fsp3) is 0.129. The molecule has 0 amide bonds. The summed E-state index contributed by atoms with van der Waals surface area (Å²) in [6.07, 6.45) is 0. The van der Waals surface area contributed by atoms with E-state index in [1.165, 1.54) is 11.1 Å². The number of fused-ring (bicyclic) bond motifs is 12. The second-order valence-corrected chi connectivity index (χ2v) is 20.4. The maximum absolute atomic E-state index is 16.2. The zero-order valence-electron chi connectivity index (χ0n) is 38.9. The number of hydrogen-bond acceptors (Lipinski definition) is 2. The number of para-hydroxylation sites is 6. The third-order valence-corrected chi connectivity index (χ3v) is 14.3. The van der Waals surface area contributed by atoms with Gasteiger partial charge in [0.15, 0.2) is 0 Å². The fourth-order valence-electron chi connectivity index (χ4n) is 11.5. The van der Waals surface area contributed by atoms with Gasteiger partial charge in [-0.2, -0.15) is 0 Å². The van der Waals surface area contributed by atoms with Crippen molar-refractivity contribution in [3.05, 3.63) is 205 Å². The quantitative estimate of drug-likeness (QED) is 0.165. The smallest absolute Gasteiger partial charge is 0.147 e. The van der Waals surface area contributed by atoms with Crippen LogP contribution in [0.2, 0.25) is 0 Å². The van der Waals surface area contributed by atoms with Crippen LogP contribution in [0.1, 0.15) is 52.7 Å². The molecule has 0 saturated carbocycles. The molecule has 68 heavy (non-hydrogen) atoms. The number of halogens is 2. The second kappa shape index (κ2) is 14.3. The molecule has 0 atom stereocenters. The number of hydrogen-bond donors (Lipinski definition) is 0. The predicted octanol–water partition coefficient (Wildman–Crippen LogP) is 17.8. The molecule has 0 N–H and O–H groups in total. The summed E-state index contributed by atoms with van der Waals surface area (Å²) in [5.41, 5.74) is 13.4. The molecule has 330 valence electrons. The van der Waals surface area contributed by atoms with Crippen molar-refractivity contribution in [2.75, 3.05) is 9.80 Å². The number of benzene rings is 9. The summed E-state index contributed by atoms with van der Waals surface area (Å²) in [5, 5.41) is 8.97. The van der Waals surface area contributed by atoms with Crippen molar-refractivity contribution in [3.63, 3.8) is 0 Å². The highest BCUT2D eigenvalue weighted by molar-refractivity contribution is 6.32. The van der Waals surface area contributed by atoms with Crippen LogP contribution in [0.4, 0.5) is 42.9 Å². The largest absolute Gasteiger partial charge is 0.308 e. The number of anilines is 6. The molecule has 13 aromatic rings. The van der Waals surface area contributed by atoms with E-state index >= 15 is 8.78 Å². The van der Waals surface area contributed by atoms with Crippen molar-refractivity contribution in [2.24, 2.45) is 0 Å². The molecule has 4 aromatic heterocycles. The highest BCUT2D eigenvalue weighted by Crippen LogP contribution is 2.53. The summed E-state index contributed by atoms with van der Waals surface area (Å²) in [6.45, 7) is 13.7. The second-order valence-electron chi connectivity index (χ2n) is 20.4. The lowest BCUT2D eigenvalue weighted by molar-refractivity contribution is 0.594. The van der Waals surface area contributed by atoms with Gasteiger partial charge in [0, 0.05) is 54.5 Å². The highest BCUT2D eigenvalue weighted by atomic mass is 19.1. The van der Waals surface area contributed by atoms with E-state index in [4.69, 9.17) is 0 Å². The highest BCUT2D eigenvalue weighted by Gasteiger charge is 2.32. The van der Waals surface area contributed by atoms with Crippen molar-refractivity contribution >= 4 is 110 Å². The summed E-state index contributed by atoms with van der Waals surface area (Å²) < 4.78 is 37.4. The van der Waals surface area contributed by atoms with E-state index in [9.17, 15) is 0 Å². The van der Waals surface area contributed by atoms with E-state index in [1.807, 2.05) is 60.7 Å². The van der Waals surface area contributed by atoms with E-state index in [1.54, 1.807) is 24.3 Å². The van der Waals surface area contributed by atoms with Gasteiger partial charge in [-0.15, -0.1) is 0 Å². The van der Waals surface area contributed by atoms with Gasteiger partial charge in [-0.1, -0.05) is 151 Å². The average Bonchev–Trinajstić information content (AvgIpc) is 4.06. The van der Waals surface area contributed by atoms with Gasteiger partial charge in [-0.05, 0) is 94.8 Å². The molecular weight excluding hydrogens is 839 g/mol. The molecule has 0 bridgehead atoms. The topological polar surface area (TPSA) is 15.3 Å². The molecule has 4 nitrogen and oxygen atoms in total. The Bertz CT molecular complexity index is 3860. The maximum atomic E-state index is 16.2. The Morgan fingerprint density at radius 3 is 1.10 bits per heavy atom. The summed E-state index contributed by atoms with van der Waals surface area (Å²) in [5.74, 6) is -0.574. The molecule has 0 saturated heterocycles. The molecule has 0 fully saturated rings. The SMILES string of the molecule is CC(C)(C)c1cccc2c3c(N(c4ccccc4)c4ccccc4F)ccc4c5cc6c(cc5n(c12)c43)c1ccc(N(c2ccccc2)c2ccccc2F)c2c3cccc(C(C)(C)C)c3n6c12. The summed E-state index contributed by atoms with van der Waals surface area (Å²) in [4.78, 5) is 4.16. The molecule has 0 spiro atoms. The van der Waals surface area contributed by atoms with Crippen molar-refractivity contribution in [1.82, 2.24) is 8.80 Å². The predicted molar refractivity (Wildman–Crippen MR) is 282 cm³/mol. The minimum atomic E-state index is -0.287. The van der Waals surface area contributed by atoms with Gasteiger partial charge in [-0.25, -0.2) is 8.78 Å². The fourth-order valence-corrected chi connectivity index (χ4v) is 11.5. The van der Waals surface area contributed by atoms with Gasteiger partial charge in [0.1, 0.15) is 11.6 Å². The number of aromatic nitrogens is 2. The molecule has 9 aromatic carbocycles. The number of nitrogens with zero attached hydrogens (tertiary/aromatic N) is 4. The minimum absolute atomic E-state index is 0.191. The molecular formula is C62H48F2N4. The van der Waals surface area contributed by atoms with Crippen LogP contribution >= 0.6 is 0 Å². The van der Waals surface area contributed by atoms with Crippen LogP contribution in [0.15, 0.2) is 182 Å². The molecule has 0 aliphatic carbocycles. The van der Waals surface area contributed by atoms with Crippen LogP contribution in [-0.4, -0.2) is 8.80 Å². The van der Waals surface area contributed by atoms with Gasteiger partial charge in [0.25, 0.3) is 0 Å². The molecule has 0 unspecified atom stereocenters. The first-order chi connectivity index (χ1) is 32.9. The first-order valence-corrected chi connectivity index (χ1v) is 23.5. The van der Waals surface area contributed by atoms with Crippen LogP contribution in [0.3, 0.4) is 0 Å².